The van der Waals surface area contributed by atoms with Gasteiger partial charge in [-0.15, -0.1) is 0 Å². The molecule has 1 unspecified atom stereocenters. The SMILES string of the molecule is CCCCCC(C)(C)CNC(=O)NCC(CC)CC(=O)O. The molecule has 0 saturated carbocycles. The number of hydrogen-bond donors (Lipinski definition) is 3. The first-order valence-corrected chi connectivity index (χ1v) is 8.04. The molecule has 124 valence electrons. The Morgan fingerprint density at radius 2 is 1.81 bits per heavy atom. The highest BCUT2D eigenvalue weighted by Crippen LogP contribution is 2.22. The van der Waals surface area contributed by atoms with Gasteiger partial charge in [0.2, 0.25) is 0 Å². The molecule has 5 nitrogen and oxygen atoms in total. The summed E-state index contributed by atoms with van der Waals surface area (Å²) in [4.78, 5) is 22.4. The van der Waals surface area contributed by atoms with Gasteiger partial charge >= 0.3 is 12.0 Å². The molecule has 0 aromatic heterocycles. The third kappa shape index (κ3) is 11.1. The van der Waals surface area contributed by atoms with Crippen molar-refractivity contribution in [2.24, 2.45) is 11.3 Å². The van der Waals surface area contributed by atoms with E-state index in [1.165, 1.54) is 19.3 Å². The average molecular weight is 300 g/mol. The van der Waals surface area contributed by atoms with Gasteiger partial charge in [0.05, 0.1) is 0 Å². The maximum Gasteiger partial charge on any atom is 0.314 e. The minimum Gasteiger partial charge on any atom is -0.481 e. The summed E-state index contributed by atoms with van der Waals surface area (Å²) in [5, 5.41) is 14.4. The molecule has 0 saturated heterocycles. The molecule has 0 aliphatic rings. The van der Waals surface area contributed by atoms with Crippen LogP contribution in [0.5, 0.6) is 0 Å². The van der Waals surface area contributed by atoms with Crippen LogP contribution in [0.1, 0.15) is 66.2 Å². The highest BCUT2D eigenvalue weighted by Gasteiger charge is 2.18. The number of hydrogen-bond acceptors (Lipinski definition) is 2. The van der Waals surface area contributed by atoms with Crippen molar-refractivity contribution < 1.29 is 14.7 Å². The molecule has 21 heavy (non-hydrogen) atoms. The number of nitrogens with one attached hydrogen (secondary N) is 2. The van der Waals surface area contributed by atoms with Crippen molar-refractivity contribution in [2.45, 2.75) is 66.2 Å². The quantitative estimate of drug-likeness (QED) is 0.512. The van der Waals surface area contributed by atoms with E-state index in [1.54, 1.807) is 0 Å². The van der Waals surface area contributed by atoms with Gasteiger partial charge in [0.15, 0.2) is 0 Å². The molecule has 0 radical (unpaired) electrons. The molecule has 0 heterocycles. The smallest absolute Gasteiger partial charge is 0.314 e. The van der Waals surface area contributed by atoms with Crippen LogP contribution >= 0.6 is 0 Å². The number of carboxylic acids is 1. The van der Waals surface area contributed by atoms with Crippen molar-refractivity contribution in [3.8, 4) is 0 Å². The average Bonchev–Trinajstić information content (AvgIpc) is 2.41. The third-order valence-electron chi connectivity index (χ3n) is 3.78. The van der Waals surface area contributed by atoms with Gasteiger partial charge in [-0.25, -0.2) is 4.79 Å². The van der Waals surface area contributed by atoms with Gasteiger partial charge in [-0.2, -0.15) is 0 Å². The summed E-state index contributed by atoms with van der Waals surface area (Å²) in [7, 11) is 0. The lowest BCUT2D eigenvalue weighted by Gasteiger charge is -2.25. The summed E-state index contributed by atoms with van der Waals surface area (Å²) >= 11 is 0. The zero-order valence-electron chi connectivity index (χ0n) is 14.0. The van der Waals surface area contributed by atoms with E-state index >= 15 is 0 Å². The number of unbranched alkanes of at least 4 members (excludes halogenated alkanes) is 2. The van der Waals surface area contributed by atoms with Crippen LogP contribution in [0.15, 0.2) is 0 Å². The van der Waals surface area contributed by atoms with E-state index in [2.05, 4.69) is 31.4 Å². The van der Waals surface area contributed by atoms with E-state index in [1.807, 2.05) is 6.92 Å². The Morgan fingerprint density at radius 3 is 2.33 bits per heavy atom. The predicted molar refractivity (Wildman–Crippen MR) is 85.4 cm³/mol. The van der Waals surface area contributed by atoms with E-state index in [0.29, 0.717) is 13.1 Å². The van der Waals surface area contributed by atoms with Crippen LogP contribution in [-0.4, -0.2) is 30.2 Å². The van der Waals surface area contributed by atoms with E-state index in [9.17, 15) is 9.59 Å². The lowest BCUT2D eigenvalue weighted by Crippen LogP contribution is -2.42. The number of aliphatic carboxylic acids is 1. The lowest BCUT2D eigenvalue weighted by atomic mass is 9.87. The Bertz CT molecular complexity index is 317. The Kier molecular flexibility index (Phi) is 9.84. The molecule has 2 amide bonds. The molecule has 0 bridgehead atoms. The topological polar surface area (TPSA) is 78.4 Å². The fourth-order valence-electron chi connectivity index (χ4n) is 2.17. The third-order valence-corrected chi connectivity index (χ3v) is 3.78. The minimum absolute atomic E-state index is 0.00851. The highest BCUT2D eigenvalue weighted by molar-refractivity contribution is 5.74. The number of urea groups is 1. The van der Waals surface area contributed by atoms with Gasteiger partial charge in [0, 0.05) is 19.5 Å². The Balaban J connectivity index is 3.95. The number of amides is 2. The molecule has 0 spiro atoms. The Morgan fingerprint density at radius 1 is 1.14 bits per heavy atom. The van der Waals surface area contributed by atoms with Crippen molar-refractivity contribution in [1.82, 2.24) is 10.6 Å². The summed E-state index contributed by atoms with van der Waals surface area (Å²) in [5.41, 5.74) is 0.0950. The lowest BCUT2D eigenvalue weighted by molar-refractivity contribution is -0.138. The summed E-state index contributed by atoms with van der Waals surface area (Å²) in [6, 6.07) is -0.206. The van der Waals surface area contributed by atoms with Crippen LogP contribution < -0.4 is 10.6 Å². The minimum atomic E-state index is -0.818. The van der Waals surface area contributed by atoms with Crippen molar-refractivity contribution in [1.29, 1.82) is 0 Å². The molecule has 0 aromatic carbocycles. The Hall–Kier alpha value is -1.26. The second-order valence-corrected chi connectivity index (χ2v) is 6.56. The zero-order valence-corrected chi connectivity index (χ0v) is 14.0. The molecule has 0 aliphatic carbocycles. The first-order valence-electron chi connectivity index (χ1n) is 8.04. The number of carbonyl (C=O) groups excluding carboxylic acids is 1. The van der Waals surface area contributed by atoms with E-state index in [0.717, 1.165) is 12.8 Å². The van der Waals surface area contributed by atoms with Crippen LogP contribution in [0.25, 0.3) is 0 Å². The number of carbonyl (C=O) groups is 2. The largest absolute Gasteiger partial charge is 0.481 e. The molecular weight excluding hydrogens is 268 g/mol. The molecule has 0 aromatic rings. The van der Waals surface area contributed by atoms with Crippen LogP contribution in [0.4, 0.5) is 4.79 Å². The van der Waals surface area contributed by atoms with E-state index in [4.69, 9.17) is 5.11 Å². The van der Waals surface area contributed by atoms with Crippen molar-refractivity contribution in [3.63, 3.8) is 0 Å². The second kappa shape index (κ2) is 10.5. The summed E-state index contributed by atoms with van der Waals surface area (Å²) < 4.78 is 0. The summed E-state index contributed by atoms with van der Waals surface area (Å²) in [5.74, 6) is -0.827. The summed E-state index contributed by atoms with van der Waals surface area (Å²) in [6.45, 7) is 9.47. The van der Waals surface area contributed by atoms with Crippen molar-refractivity contribution in [3.05, 3.63) is 0 Å². The highest BCUT2D eigenvalue weighted by atomic mass is 16.4. The molecule has 0 fully saturated rings. The van der Waals surface area contributed by atoms with Gasteiger partial charge in [-0.05, 0) is 17.8 Å². The van der Waals surface area contributed by atoms with E-state index < -0.39 is 5.97 Å². The molecule has 5 heteroatoms. The molecule has 0 rings (SSSR count). The standard InChI is InChI=1S/C16H32N2O3/c1-5-7-8-9-16(3,4)12-18-15(21)17-11-13(6-2)10-14(19)20/h13H,5-12H2,1-4H3,(H,19,20)(H2,17,18,21). The number of rotatable bonds is 11. The van der Waals surface area contributed by atoms with Gasteiger partial charge in [0.1, 0.15) is 0 Å². The first-order chi connectivity index (χ1) is 9.80. The monoisotopic (exact) mass is 300 g/mol. The fraction of sp³-hybridized carbons (Fsp3) is 0.875. The number of carboxylic acid groups (broad SMARTS) is 1. The van der Waals surface area contributed by atoms with Crippen LogP contribution in [-0.2, 0) is 4.79 Å². The van der Waals surface area contributed by atoms with Crippen LogP contribution in [0.3, 0.4) is 0 Å². The second-order valence-electron chi connectivity index (χ2n) is 6.56. The van der Waals surface area contributed by atoms with Gasteiger partial charge in [0.25, 0.3) is 0 Å². The maximum atomic E-state index is 11.8. The first kappa shape index (κ1) is 19.7. The van der Waals surface area contributed by atoms with E-state index in [-0.39, 0.29) is 23.8 Å². The van der Waals surface area contributed by atoms with Gasteiger partial charge < -0.3 is 15.7 Å². The molecule has 3 N–H and O–H groups in total. The maximum absolute atomic E-state index is 11.8. The van der Waals surface area contributed by atoms with Crippen molar-refractivity contribution >= 4 is 12.0 Å². The fourth-order valence-corrected chi connectivity index (χ4v) is 2.17. The normalized spacial score (nSPS) is 12.8. The van der Waals surface area contributed by atoms with Crippen LogP contribution in [0.2, 0.25) is 0 Å². The van der Waals surface area contributed by atoms with Crippen LogP contribution in [0, 0.1) is 11.3 Å². The Labute approximate surface area is 128 Å². The molecule has 1 atom stereocenters. The zero-order chi connectivity index (χ0) is 16.3. The van der Waals surface area contributed by atoms with Gasteiger partial charge in [-0.1, -0.05) is 53.4 Å². The molecule has 0 aliphatic heterocycles. The molecular formula is C16H32N2O3. The van der Waals surface area contributed by atoms with Crippen molar-refractivity contribution in [2.75, 3.05) is 13.1 Å². The summed E-state index contributed by atoms with van der Waals surface area (Å²) in [6.07, 6.45) is 5.55. The predicted octanol–water partition coefficient (Wildman–Crippen LogP) is 3.39. The van der Waals surface area contributed by atoms with Gasteiger partial charge in [-0.3, -0.25) is 4.79 Å².